The Hall–Kier alpha value is -2.67. The molecule has 3 aromatic rings. The summed E-state index contributed by atoms with van der Waals surface area (Å²) in [7, 11) is 2.17. The Morgan fingerprint density at radius 2 is 1.17 bits per heavy atom. The quantitative estimate of drug-likeness (QED) is 0.557. The molecule has 3 aromatic carbocycles. The first-order valence-corrected chi connectivity index (χ1v) is 8.45. The Morgan fingerprint density at radius 3 is 1.83 bits per heavy atom. The molecule has 1 aliphatic rings. The molecule has 0 saturated carbocycles. The molecule has 0 radical (unpaired) electrons. The number of hydrogen-bond acceptors (Lipinski definition) is 0. The van der Waals surface area contributed by atoms with Crippen molar-refractivity contribution < 1.29 is 4.58 Å². The molecule has 0 fully saturated rings. The number of hydrogen-bond donors (Lipinski definition) is 0. The summed E-state index contributed by atoms with van der Waals surface area (Å²) in [6.07, 6.45) is 0. The number of nitrogens with zero attached hydrogens (tertiary/aromatic N) is 1. The van der Waals surface area contributed by atoms with Crippen LogP contribution < -0.4 is 0 Å². The molecule has 0 atom stereocenters. The molecule has 1 nitrogen and oxygen atoms in total. The van der Waals surface area contributed by atoms with Crippen molar-refractivity contribution in [3.63, 3.8) is 0 Å². The van der Waals surface area contributed by atoms with Crippen LogP contribution in [-0.4, -0.2) is 17.3 Å². The van der Waals surface area contributed by atoms with Gasteiger partial charge in [-0.05, 0) is 37.1 Å². The van der Waals surface area contributed by atoms with Crippen LogP contribution in [0.1, 0.15) is 25.0 Å². The molecule has 0 aromatic heterocycles. The standard InChI is InChI=1S/C23H22N/c1-23(2)20-11-7-8-12-21(20)24(3)22(23)19-15-13-18(14-16-19)17-9-5-4-6-10-17/h4-16H,1-3H3/q+1. The maximum atomic E-state index is 2.34. The van der Waals surface area contributed by atoms with Gasteiger partial charge in [-0.1, -0.05) is 60.7 Å². The molecule has 0 bridgehead atoms. The van der Waals surface area contributed by atoms with Crippen LogP contribution in [-0.2, 0) is 5.41 Å². The van der Waals surface area contributed by atoms with E-state index in [1.807, 2.05) is 0 Å². The average Bonchev–Trinajstić information content (AvgIpc) is 2.83. The van der Waals surface area contributed by atoms with Gasteiger partial charge in [0, 0.05) is 17.2 Å². The molecule has 1 heteroatoms. The smallest absolute Gasteiger partial charge is 0.197 e. The van der Waals surface area contributed by atoms with E-state index in [2.05, 4.69) is 104 Å². The van der Waals surface area contributed by atoms with Crippen LogP contribution in [0.25, 0.3) is 11.1 Å². The number of benzene rings is 3. The van der Waals surface area contributed by atoms with Crippen LogP contribution in [0.3, 0.4) is 0 Å². The number of rotatable bonds is 2. The van der Waals surface area contributed by atoms with Crippen molar-refractivity contribution in [3.8, 4) is 11.1 Å². The van der Waals surface area contributed by atoms with Crippen molar-refractivity contribution in [1.82, 2.24) is 0 Å². The third kappa shape index (κ3) is 2.20. The van der Waals surface area contributed by atoms with Gasteiger partial charge in [-0.15, -0.1) is 0 Å². The normalized spacial score (nSPS) is 15.5. The number of fused-ring (bicyclic) bond motifs is 1. The SMILES string of the molecule is C[N+]1=C(c2ccc(-c3ccccc3)cc2)C(C)(C)c2ccccc21. The lowest BCUT2D eigenvalue weighted by molar-refractivity contribution is -0.401. The fraction of sp³-hybridized carbons (Fsp3) is 0.174. The molecule has 118 valence electrons. The van der Waals surface area contributed by atoms with Gasteiger partial charge in [0.2, 0.25) is 5.69 Å². The lowest BCUT2D eigenvalue weighted by Crippen LogP contribution is -2.29. The monoisotopic (exact) mass is 312 g/mol. The van der Waals surface area contributed by atoms with E-state index < -0.39 is 0 Å². The van der Waals surface area contributed by atoms with E-state index in [0.717, 1.165) is 0 Å². The zero-order valence-corrected chi connectivity index (χ0v) is 14.5. The molecule has 1 heterocycles. The number of para-hydroxylation sites is 1. The summed E-state index contributed by atoms with van der Waals surface area (Å²) in [5, 5.41) is 0. The van der Waals surface area contributed by atoms with Gasteiger partial charge in [0.15, 0.2) is 5.71 Å². The van der Waals surface area contributed by atoms with Crippen LogP contribution in [0.4, 0.5) is 5.69 Å². The highest BCUT2D eigenvalue weighted by atomic mass is 15.0. The highest BCUT2D eigenvalue weighted by Gasteiger charge is 2.44. The Labute approximate surface area is 143 Å². The van der Waals surface area contributed by atoms with E-state index in [9.17, 15) is 0 Å². The molecule has 1 aliphatic heterocycles. The highest BCUT2D eigenvalue weighted by molar-refractivity contribution is 6.07. The fourth-order valence-electron chi connectivity index (χ4n) is 3.97. The predicted octanol–water partition coefficient (Wildman–Crippen LogP) is 5.41. The summed E-state index contributed by atoms with van der Waals surface area (Å²) in [6.45, 7) is 4.63. The molecule has 24 heavy (non-hydrogen) atoms. The largest absolute Gasteiger partial charge is 0.209 e. The average molecular weight is 312 g/mol. The first-order valence-electron chi connectivity index (χ1n) is 8.45. The van der Waals surface area contributed by atoms with Crippen molar-refractivity contribution >= 4 is 11.4 Å². The Morgan fingerprint density at radius 1 is 0.625 bits per heavy atom. The molecule has 4 rings (SSSR count). The van der Waals surface area contributed by atoms with Crippen molar-refractivity contribution in [3.05, 3.63) is 90.0 Å². The van der Waals surface area contributed by atoms with Gasteiger partial charge >= 0.3 is 0 Å². The summed E-state index contributed by atoms with van der Waals surface area (Å²) >= 11 is 0. The summed E-state index contributed by atoms with van der Waals surface area (Å²) in [6, 6.07) is 28.2. The molecule has 0 spiro atoms. The maximum Gasteiger partial charge on any atom is 0.209 e. The minimum absolute atomic E-state index is 0.0135. The van der Waals surface area contributed by atoms with Gasteiger partial charge in [-0.2, -0.15) is 4.58 Å². The van der Waals surface area contributed by atoms with Crippen LogP contribution in [0.2, 0.25) is 0 Å². The lowest BCUT2D eigenvalue weighted by Gasteiger charge is -2.17. The first-order chi connectivity index (χ1) is 11.6. The van der Waals surface area contributed by atoms with Crippen LogP contribution >= 0.6 is 0 Å². The fourth-order valence-corrected chi connectivity index (χ4v) is 3.97. The van der Waals surface area contributed by atoms with Crippen LogP contribution in [0.15, 0.2) is 78.9 Å². The van der Waals surface area contributed by atoms with E-state index in [1.54, 1.807) is 0 Å². The first kappa shape index (κ1) is 14.9. The van der Waals surface area contributed by atoms with Gasteiger partial charge in [0.25, 0.3) is 0 Å². The van der Waals surface area contributed by atoms with E-state index in [1.165, 1.54) is 33.7 Å². The molecular weight excluding hydrogens is 290 g/mol. The summed E-state index contributed by atoms with van der Waals surface area (Å²) in [5.41, 5.74) is 7.90. The van der Waals surface area contributed by atoms with E-state index in [-0.39, 0.29) is 5.41 Å². The molecule has 0 aliphatic carbocycles. The summed E-state index contributed by atoms with van der Waals surface area (Å²) in [5.74, 6) is 0. The zero-order valence-electron chi connectivity index (χ0n) is 14.5. The van der Waals surface area contributed by atoms with E-state index in [0.29, 0.717) is 0 Å². The van der Waals surface area contributed by atoms with Gasteiger partial charge in [0.1, 0.15) is 7.05 Å². The summed E-state index contributed by atoms with van der Waals surface area (Å²) in [4.78, 5) is 0. The van der Waals surface area contributed by atoms with Gasteiger partial charge in [-0.3, -0.25) is 0 Å². The Bertz CT molecular complexity index is 916. The van der Waals surface area contributed by atoms with Gasteiger partial charge in [0.05, 0.1) is 5.41 Å². The maximum absolute atomic E-state index is 2.34. The Balaban J connectivity index is 1.79. The topological polar surface area (TPSA) is 3.01 Å². The van der Waals surface area contributed by atoms with Crippen molar-refractivity contribution in [2.75, 3.05) is 7.05 Å². The molecule has 0 amide bonds. The molecule has 0 N–H and O–H groups in total. The molecular formula is C23H22N+. The Kier molecular flexibility index (Phi) is 3.38. The molecule has 0 unspecified atom stereocenters. The second-order valence-electron chi connectivity index (χ2n) is 6.99. The van der Waals surface area contributed by atoms with Crippen molar-refractivity contribution in [2.24, 2.45) is 0 Å². The van der Waals surface area contributed by atoms with Crippen molar-refractivity contribution in [1.29, 1.82) is 0 Å². The van der Waals surface area contributed by atoms with Gasteiger partial charge in [-0.25, -0.2) is 0 Å². The van der Waals surface area contributed by atoms with E-state index >= 15 is 0 Å². The van der Waals surface area contributed by atoms with Gasteiger partial charge < -0.3 is 0 Å². The second-order valence-corrected chi connectivity index (χ2v) is 6.99. The lowest BCUT2D eigenvalue weighted by atomic mass is 9.79. The van der Waals surface area contributed by atoms with Crippen LogP contribution in [0.5, 0.6) is 0 Å². The molecule has 0 saturated heterocycles. The summed E-state index contributed by atoms with van der Waals surface area (Å²) < 4.78 is 2.34. The minimum Gasteiger partial charge on any atom is -0.197 e. The third-order valence-electron chi connectivity index (χ3n) is 5.13. The van der Waals surface area contributed by atoms with Crippen molar-refractivity contribution in [2.45, 2.75) is 19.3 Å². The highest BCUT2D eigenvalue weighted by Crippen LogP contribution is 2.40. The predicted molar refractivity (Wildman–Crippen MR) is 101 cm³/mol. The second kappa shape index (κ2) is 5.45. The van der Waals surface area contributed by atoms with E-state index in [4.69, 9.17) is 0 Å². The van der Waals surface area contributed by atoms with Crippen LogP contribution in [0, 0.1) is 0 Å². The zero-order chi connectivity index (χ0) is 16.7. The third-order valence-corrected chi connectivity index (χ3v) is 5.13. The minimum atomic E-state index is 0.0135.